The van der Waals surface area contributed by atoms with Crippen LogP contribution in [0.4, 0.5) is 0 Å². The van der Waals surface area contributed by atoms with Gasteiger partial charge in [-0.05, 0) is 49.3 Å². The summed E-state index contributed by atoms with van der Waals surface area (Å²) < 4.78 is 12.0. The van der Waals surface area contributed by atoms with Crippen LogP contribution in [0.25, 0.3) is 0 Å². The van der Waals surface area contributed by atoms with Crippen molar-refractivity contribution in [3.8, 4) is 0 Å². The number of carbonyl (C=O) groups excluding carboxylic acids is 1. The van der Waals surface area contributed by atoms with Crippen LogP contribution in [0, 0.1) is 5.92 Å². The van der Waals surface area contributed by atoms with E-state index in [1.54, 1.807) is 12.4 Å². The van der Waals surface area contributed by atoms with Gasteiger partial charge in [-0.1, -0.05) is 0 Å². The number of carbonyl (C=O) groups is 1. The lowest BCUT2D eigenvalue weighted by atomic mass is 9.94. The molecular formula is C21H31N3O4. The number of aliphatic hydroxyl groups is 1. The molecule has 0 radical (unpaired) electrons. The van der Waals surface area contributed by atoms with Crippen molar-refractivity contribution in [2.24, 2.45) is 5.92 Å². The third kappa shape index (κ3) is 5.50. The lowest BCUT2D eigenvalue weighted by molar-refractivity contribution is -0.158. The van der Waals surface area contributed by atoms with E-state index >= 15 is 0 Å². The number of fused-ring (bicyclic) bond motifs is 1. The minimum Gasteiger partial charge on any atom is -0.389 e. The summed E-state index contributed by atoms with van der Waals surface area (Å²) in [5.74, 6) is 0.777. The lowest BCUT2D eigenvalue weighted by Crippen LogP contribution is -2.55. The molecule has 1 aromatic rings. The molecule has 0 bridgehead atoms. The van der Waals surface area contributed by atoms with Crippen molar-refractivity contribution in [2.45, 2.75) is 63.0 Å². The van der Waals surface area contributed by atoms with Gasteiger partial charge >= 0.3 is 0 Å². The monoisotopic (exact) mass is 389 g/mol. The van der Waals surface area contributed by atoms with Gasteiger partial charge in [-0.3, -0.25) is 14.7 Å². The fraction of sp³-hybridized carbons (Fsp3) is 0.714. The number of nitrogens with zero attached hydrogens (tertiary/aromatic N) is 2. The molecule has 3 aliphatic rings. The SMILES string of the molecule is O=C(C[C@H]1CC[C@@H]2[C@H](COC[C@H](O)CN2Cc2ccncc2)O1)NCC1CC1. The van der Waals surface area contributed by atoms with Gasteiger partial charge in [-0.2, -0.15) is 0 Å². The number of nitrogens with one attached hydrogen (secondary N) is 1. The number of ether oxygens (including phenoxy) is 2. The van der Waals surface area contributed by atoms with Crippen LogP contribution in [-0.2, 0) is 20.8 Å². The Morgan fingerprint density at radius 2 is 2.04 bits per heavy atom. The normalized spacial score (nSPS) is 31.5. The van der Waals surface area contributed by atoms with Crippen LogP contribution in [0.1, 0.15) is 37.7 Å². The van der Waals surface area contributed by atoms with Gasteiger partial charge in [0, 0.05) is 38.1 Å². The highest BCUT2D eigenvalue weighted by Gasteiger charge is 2.38. The van der Waals surface area contributed by atoms with E-state index in [0.29, 0.717) is 32.1 Å². The lowest BCUT2D eigenvalue weighted by Gasteiger charge is -2.44. The standard InChI is InChI=1S/C21H31N3O4/c25-17-12-24(11-16-5-7-22-8-6-16)19-4-3-18(28-20(19)14-27-13-17)9-21(26)23-10-15-1-2-15/h5-8,15,17-20,25H,1-4,9-14H2,(H,23,26)/t17-,18-,19-,20+/m1/s1. The van der Waals surface area contributed by atoms with E-state index in [1.165, 1.54) is 18.4 Å². The van der Waals surface area contributed by atoms with Crippen molar-refractivity contribution < 1.29 is 19.4 Å². The summed E-state index contributed by atoms with van der Waals surface area (Å²) >= 11 is 0. The summed E-state index contributed by atoms with van der Waals surface area (Å²) in [6, 6.07) is 4.19. The van der Waals surface area contributed by atoms with Crippen LogP contribution in [0.3, 0.4) is 0 Å². The number of aliphatic hydroxyl groups excluding tert-OH is 1. The maximum Gasteiger partial charge on any atom is 0.222 e. The molecule has 2 N–H and O–H groups in total. The first-order valence-electron chi connectivity index (χ1n) is 10.5. The van der Waals surface area contributed by atoms with Crippen molar-refractivity contribution in [3.05, 3.63) is 30.1 Å². The van der Waals surface area contributed by atoms with E-state index in [0.717, 1.165) is 25.9 Å². The Morgan fingerprint density at radius 1 is 1.21 bits per heavy atom. The molecular weight excluding hydrogens is 358 g/mol. The van der Waals surface area contributed by atoms with Crippen molar-refractivity contribution in [1.82, 2.24) is 15.2 Å². The molecule has 7 heteroatoms. The second-order valence-corrected chi connectivity index (χ2v) is 8.37. The summed E-state index contributed by atoms with van der Waals surface area (Å²) in [6.45, 7) is 2.87. The number of hydrogen-bond donors (Lipinski definition) is 2. The van der Waals surface area contributed by atoms with Gasteiger partial charge in [-0.25, -0.2) is 0 Å². The highest BCUT2D eigenvalue weighted by Crippen LogP contribution is 2.29. The van der Waals surface area contributed by atoms with Crippen molar-refractivity contribution in [2.75, 3.05) is 26.3 Å². The topological polar surface area (TPSA) is 83.9 Å². The Bertz CT molecular complexity index is 640. The van der Waals surface area contributed by atoms with Gasteiger partial charge < -0.3 is 19.9 Å². The molecule has 2 saturated heterocycles. The van der Waals surface area contributed by atoms with Crippen molar-refractivity contribution in [3.63, 3.8) is 0 Å². The number of pyridine rings is 1. The van der Waals surface area contributed by atoms with Gasteiger partial charge in [0.25, 0.3) is 0 Å². The molecule has 28 heavy (non-hydrogen) atoms. The van der Waals surface area contributed by atoms with E-state index in [-0.39, 0.29) is 24.2 Å². The van der Waals surface area contributed by atoms with Gasteiger partial charge in [0.15, 0.2) is 0 Å². The Morgan fingerprint density at radius 3 is 2.82 bits per heavy atom. The van der Waals surface area contributed by atoms with E-state index < -0.39 is 6.10 Å². The quantitative estimate of drug-likeness (QED) is 0.758. The average molecular weight is 389 g/mol. The molecule has 1 saturated carbocycles. The molecule has 4 rings (SSSR count). The molecule has 0 spiro atoms. The van der Waals surface area contributed by atoms with Crippen LogP contribution in [0.5, 0.6) is 0 Å². The zero-order valence-corrected chi connectivity index (χ0v) is 16.3. The summed E-state index contributed by atoms with van der Waals surface area (Å²) in [7, 11) is 0. The molecule has 4 atom stereocenters. The molecule has 1 amide bonds. The predicted octanol–water partition coefficient (Wildman–Crippen LogP) is 1.11. The average Bonchev–Trinajstić information content (AvgIpc) is 3.50. The molecule has 2 aliphatic heterocycles. The zero-order chi connectivity index (χ0) is 19.3. The second-order valence-electron chi connectivity index (χ2n) is 8.37. The first-order valence-corrected chi connectivity index (χ1v) is 10.5. The summed E-state index contributed by atoms with van der Waals surface area (Å²) in [5.41, 5.74) is 1.17. The van der Waals surface area contributed by atoms with Gasteiger partial charge in [0.1, 0.15) is 0 Å². The largest absolute Gasteiger partial charge is 0.389 e. The van der Waals surface area contributed by atoms with E-state index in [1.807, 2.05) is 12.1 Å². The van der Waals surface area contributed by atoms with Gasteiger partial charge in [-0.15, -0.1) is 0 Å². The Balaban J connectivity index is 1.36. The first kappa shape index (κ1) is 19.8. The molecule has 154 valence electrons. The number of β-amino-alcohol motifs (C(OH)–C–C–N with tert-alkyl or cyclic N) is 1. The third-order valence-electron chi connectivity index (χ3n) is 5.92. The van der Waals surface area contributed by atoms with Crippen molar-refractivity contribution >= 4 is 5.91 Å². The van der Waals surface area contributed by atoms with Crippen LogP contribution < -0.4 is 5.32 Å². The maximum absolute atomic E-state index is 12.2. The Kier molecular flexibility index (Phi) is 6.57. The van der Waals surface area contributed by atoms with E-state index in [2.05, 4.69) is 15.2 Å². The number of amides is 1. The molecule has 0 unspecified atom stereocenters. The number of aromatic nitrogens is 1. The highest BCUT2D eigenvalue weighted by atomic mass is 16.5. The maximum atomic E-state index is 12.2. The summed E-state index contributed by atoms with van der Waals surface area (Å²) in [5, 5.41) is 13.3. The minimum absolute atomic E-state index is 0.0591. The first-order chi connectivity index (χ1) is 13.7. The van der Waals surface area contributed by atoms with Crippen molar-refractivity contribution in [1.29, 1.82) is 0 Å². The molecule has 0 aromatic carbocycles. The summed E-state index contributed by atoms with van der Waals surface area (Å²) in [6.07, 6.45) is 7.62. The van der Waals surface area contributed by atoms with Crippen LogP contribution in [0.2, 0.25) is 0 Å². The minimum atomic E-state index is -0.506. The fourth-order valence-corrected chi connectivity index (χ4v) is 4.21. The number of rotatable bonds is 6. The summed E-state index contributed by atoms with van der Waals surface area (Å²) in [4.78, 5) is 18.6. The van der Waals surface area contributed by atoms with Gasteiger partial charge in [0.05, 0.1) is 37.9 Å². The molecule has 7 nitrogen and oxygen atoms in total. The predicted molar refractivity (Wildman–Crippen MR) is 104 cm³/mol. The van der Waals surface area contributed by atoms with E-state index in [4.69, 9.17) is 9.47 Å². The zero-order valence-electron chi connectivity index (χ0n) is 16.3. The van der Waals surface area contributed by atoms with E-state index in [9.17, 15) is 9.90 Å². The number of hydrogen-bond acceptors (Lipinski definition) is 6. The fourth-order valence-electron chi connectivity index (χ4n) is 4.21. The molecule has 1 aromatic heterocycles. The van der Waals surface area contributed by atoms with Gasteiger partial charge in [0.2, 0.25) is 5.91 Å². The third-order valence-corrected chi connectivity index (χ3v) is 5.92. The molecule has 1 aliphatic carbocycles. The molecule has 3 heterocycles. The van der Waals surface area contributed by atoms with Crippen LogP contribution in [-0.4, -0.2) is 71.6 Å². The van der Waals surface area contributed by atoms with Crippen LogP contribution >= 0.6 is 0 Å². The smallest absolute Gasteiger partial charge is 0.222 e. The Labute approximate surface area is 166 Å². The second kappa shape index (κ2) is 9.31. The Hall–Kier alpha value is -1.54. The van der Waals surface area contributed by atoms with Crippen LogP contribution in [0.15, 0.2) is 24.5 Å². The highest BCUT2D eigenvalue weighted by molar-refractivity contribution is 5.76. The molecule has 3 fully saturated rings.